The number of amides is 1. The Balaban J connectivity index is 4.17. The lowest BCUT2D eigenvalue weighted by Crippen LogP contribution is -2.45. The molecule has 1 amide bonds. The third-order valence-electron chi connectivity index (χ3n) is 9.48. The highest BCUT2D eigenvalue weighted by molar-refractivity contribution is 7.45. The van der Waals surface area contributed by atoms with Crippen LogP contribution < -0.4 is 10.2 Å². The zero-order chi connectivity index (χ0) is 40.7. The molecule has 8 nitrogen and oxygen atoms in total. The van der Waals surface area contributed by atoms with Crippen molar-refractivity contribution in [3.05, 3.63) is 60.8 Å². The maximum Gasteiger partial charge on any atom is 0.268 e. The van der Waals surface area contributed by atoms with Gasteiger partial charge in [-0.15, -0.1) is 0 Å². The van der Waals surface area contributed by atoms with Gasteiger partial charge >= 0.3 is 0 Å². The first kappa shape index (κ1) is 53.2. The maximum atomic E-state index is 12.8. The number of nitrogens with one attached hydrogen (secondary N) is 1. The molecule has 2 N–H and O–H groups in total. The van der Waals surface area contributed by atoms with Gasteiger partial charge in [0.05, 0.1) is 39.9 Å². The predicted molar refractivity (Wildman–Crippen MR) is 233 cm³/mol. The number of unbranched alkanes of at least 4 members (excludes halogenated alkanes) is 18. The van der Waals surface area contributed by atoms with E-state index < -0.39 is 20.0 Å². The Kier molecular flexibility index (Phi) is 36.5. The average molecular weight is 793 g/mol. The molecule has 0 aliphatic rings. The zero-order valence-electron chi connectivity index (χ0n) is 36.1. The molecule has 9 heteroatoms. The fourth-order valence-electron chi connectivity index (χ4n) is 5.97. The van der Waals surface area contributed by atoms with Crippen LogP contribution in [0.3, 0.4) is 0 Å². The first-order valence-electron chi connectivity index (χ1n) is 22.2. The molecule has 0 rings (SSSR count). The lowest BCUT2D eigenvalue weighted by atomic mass is 10.0. The summed E-state index contributed by atoms with van der Waals surface area (Å²) in [6, 6.07) is -0.886. The molecule has 0 aromatic heterocycles. The molecule has 0 aromatic carbocycles. The number of carbonyl (C=O) groups is 1. The van der Waals surface area contributed by atoms with Crippen LogP contribution in [0.2, 0.25) is 0 Å². The predicted octanol–water partition coefficient (Wildman–Crippen LogP) is 11.6. The average Bonchev–Trinajstić information content (AvgIpc) is 3.13. The number of allylic oxidation sites excluding steroid dienone is 9. The molecule has 0 aliphatic heterocycles. The zero-order valence-corrected chi connectivity index (χ0v) is 37.0. The molecule has 320 valence electrons. The molecule has 3 atom stereocenters. The topological polar surface area (TPSA) is 108 Å². The number of aliphatic hydroxyl groups is 1. The lowest BCUT2D eigenvalue weighted by Gasteiger charge is -2.29. The molecular formula is C46H85N2O6P. The van der Waals surface area contributed by atoms with Crippen molar-refractivity contribution in [2.45, 2.75) is 187 Å². The Hall–Kier alpha value is -1.80. The van der Waals surface area contributed by atoms with Crippen LogP contribution in [0, 0.1) is 0 Å². The highest BCUT2D eigenvalue weighted by Crippen LogP contribution is 2.38. The third kappa shape index (κ3) is 40.2. The monoisotopic (exact) mass is 793 g/mol. The lowest BCUT2D eigenvalue weighted by molar-refractivity contribution is -0.870. The fraction of sp³-hybridized carbons (Fsp3) is 0.761. The van der Waals surface area contributed by atoms with Crippen molar-refractivity contribution in [1.82, 2.24) is 5.32 Å². The van der Waals surface area contributed by atoms with Crippen LogP contribution in [0.25, 0.3) is 0 Å². The maximum absolute atomic E-state index is 12.8. The van der Waals surface area contributed by atoms with Gasteiger partial charge in [-0.05, 0) is 57.8 Å². The summed E-state index contributed by atoms with van der Waals surface area (Å²) in [5, 5.41) is 13.7. The minimum absolute atomic E-state index is 0.00374. The summed E-state index contributed by atoms with van der Waals surface area (Å²) in [7, 11) is 1.25. The number of carbonyl (C=O) groups excluding carboxylic acids is 1. The molecule has 0 radical (unpaired) electrons. The molecule has 0 saturated heterocycles. The van der Waals surface area contributed by atoms with Crippen molar-refractivity contribution in [2.24, 2.45) is 0 Å². The van der Waals surface area contributed by atoms with E-state index >= 15 is 0 Å². The summed E-state index contributed by atoms with van der Waals surface area (Å²) in [6.07, 6.45) is 48.6. The van der Waals surface area contributed by atoms with E-state index in [1.165, 1.54) is 89.9 Å². The number of hydrogen-bond acceptors (Lipinski definition) is 6. The van der Waals surface area contributed by atoms with E-state index in [4.69, 9.17) is 9.05 Å². The summed E-state index contributed by atoms with van der Waals surface area (Å²) >= 11 is 0. The van der Waals surface area contributed by atoms with Gasteiger partial charge in [0, 0.05) is 6.42 Å². The van der Waals surface area contributed by atoms with Crippen LogP contribution in [-0.2, 0) is 18.4 Å². The van der Waals surface area contributed by atoms with Gasteiger partial charge < -0.3 is 28.8 Å². The van der Waals surface area contributed by atoms with E-state index in [1.807, 2.05) is 27.2 Å². The van der Waals surface area contributed by atoms with E-state index in [1.54, 1.807) is 6.08 Å². The molecule has 3 unspecified atom stereocenters. The van der Waals surface area contributed by atoms with E-state index in [-0.39, 0.29) is 19.1 Å². The number of hydrogen-bond donors (Lipinski definition) is 2. The number of nitrogens with zero attached hydrogens (tertiary/aromatic N) is 1. The second-order valence-electron chi connectivity index (χ2n) is 16.0. The highest BCUT2D eigenvalue weighted by atomic mass is 31.2. The van der Waals surface area contributed by atoms with Crippen molar-refractivity contribution in [3.63, 3.8) is 0 Å². The first-order valence-corrected chi connectivity index (χ1v) is 23.6. The molecule has 0 heterocycles. The van der Waals surface area contributed by atoms with Crippen LogP contribution in [-0.4, -0.2) is 68.5 Å². The molecule has 55 heavy (non-hydrogen) atoms. The molecule has 0 aliphatic carbocycles. The number of rotatable bonds is 39. The minimum Gasteiger partial charge on any atom is -0.756 e. The minimum atomic E-state index is -4.58. The Morgan fingerprint density at radius 1 is 0.655 bits per heavy atom. The summed E-state index contributed by atoms with van der Waals surface area (Å²) in [4.78, 5) is 25.2. The van der Waals surface area contributed by atoms with Gasteiger partial charge in [-0.3, -0.25) is 9.36 Å². The van der Waals surface area contributed by atoms with E-state index in [2.05, 4.69) is 67.8 Å². The Morgan fingerprint density at radius 2 is 1.11 bits per heavy atom. The van der Waals surface area contributed by atoms with Crippen molar-refractivity contribution in [1.29, 1.82) is 0 Å². The Morgan fingerprint density at radius 3 is 1.62 bits per heavy atom. The summed E-state index contributed by atoms with van der Waals surface area (Å²) in [5.74, 6) is -0.206. The Labute approximate surface area is 339 Å². The van der Waals surface area contributed by atoms with Crippen molar-refractivity contribution >= 4 is 13.7 Å². The standard InChI is InChI=1S/C46H85N2O6P/c1-6-8-10-12-14-16-17-18-19-20-21-22-23-24-25-26-27-28-29-30-31-32-34-36-38-40-46(50)47-44(43-54-55(51,52)53-42-41-48(3,4)5)45(49)39-37-35-33-15-13-11-9-7-2/h8,10,14,16,18-19,21-22,37,39,44-45,49H,6-7,9,11-13,15,17,20,23-36,38,40-43H2,1-5H3,(H-,47,50,51,52)/b10-8-,16-14-,19-18-,22-21-,39-37+. The van der Waals surface area contributed by atoms with Gasteiger partial charge in [-0.2, -0.15) is 0 Å². The number of phosphoric ester groups is 1. The number of aliphatic hydroxyl groups excluding tert-OH is 1. The van der Waals surface area contributed by atoms with E-state index in [9.17, 15) is 19.4 Å². The van der Waals surface area contributed by atoms with Crippen LogP contribution in [0.1, 0.15) is 174 Å². The van der Waals surface area contributed by atoms with Gasteiger partial charge in [-0.25, -0.2) is 0 Å². The van der Waals surface area contributed by atoms with Gasteiger partial charge in [0.25, 0.3) is 7.82 Å². The molecule has 0 fully saturated rings. The number of quaternary nitrogens is 1. The van der Waals surface area contributed by atoms with Crippen molar-refractivity contribution < 1.29 is 32.9 Å². The molecule has 0 saturated carbocycles. The quantitative estimate of drug-likeness (QED) is 0.0278. The fourth-order valence-corrected chi connectivity index (χ4v) is 6.69. The SMILES string of the molecule is CC/C=C\C/C=C\C/C=C\C/C=C\CCCCCCCCCCCCCCC(=O)NC(COP(=O)([O-])OCC[N+](C)(C)C)C(O)/C=C/CCCCCCCC. The van der Waals surface area contributed by atoms with E-state index in [0.29, 0.717) is 17.4 Å². The normalized spacial score (nSPS) is 15.0. The largest absolute Gasteiger partial charge is 0.756 e. The van der Waals surface area contributed by atoms with Crippen molar-refractivity contribution in [3.8, 4) is 0 Å². The molecular weight excluding hydrogens is 707 g/mol. The van der Waals surface area contributed by atoms with Crippen LogP contribution in [0.5, 0.6) is 0 Å². The molecule has 0 bridgehead atoms. The van der Waals surface area contributed by atoms with Crippen LogP contribution >= 0.6 is 7.82 Å². The summed E-state index contributed by atoms with van der Waals surface area (Å²) < 4.78 is 23.1. The number of phosphoric acid groups is 1. The molecule has 0 aromatic rings. The highest BCUT2D eigenvalue weighted by Gasteiger charge is 2.23. The van der Waals surface area contributed by atoms with Crippen molar-refractivity contribution in [2.75, 3.05) is 40.9 Å². The van der Waals surface area contributed by atoms with Gasteiger partial charge in [-0.1, -0.05) is 171 Å². The second kappa shape index (κ2) is 37.8. The van der Waals surface area contributed by atoms with E-state index in [0.717, 1.165) is 64.2 Å². The van der Waals surface area contributed by atoms with Gasteiger partial charge in [0.1, 0.15) is 13.2 Å². The smallest absolute Gasteiger partial charge is 0.268 e. The van der Waals surface area contributed by atoms with Gasteiger partial charge in [0.2, 0.25) is 5.91 Å². The third-order valence-corrected chi connectivity index (χ3v) is 10.4. The first-order chi connectivity index (χ1) is 26.5. The van der Waals surface area contributed by atoms with Crippen LogP contribution in [0.4, 0.5) is 0 Å². The van der Waals surface area contributed by atoms with Gasteiger partial charge in [0.15, 0.2) is 0 Å². The summed E-state index contributed by atoms with van der Waals surface area (Å²) in [6.45, 7) is 4.47. The number of likely N-dealkylation sites (N-methyl/N-ethyl adjacent to an activating group) is 1. The second-order valence-corrected chi connectivity index (χ2v) is 17.4. The Bertz CT molecular complexity index is 1080. The molecule has 0 spiro atoms. The van der Waals surface area contributed by atoms with Crippen LogP contribution in [0.15, 0.2) is 60.8 Å². The summed E-state index contributed by atoms with van der Waals surface area (Å²) in [5.41, 5.74) is 0.